The van der Waals surface area contributed by atoms with Gasteiger partial charge in [-0.3, -0.25) is 4.79 Å². The average Bonchev–Trinajstić information content (AvgIpc) is 2.62. The lowest BCUT2D eigenvalue weighted by Crippen LogP contribution is -2.30. The zero-order chi connectivity index (χ0) is 19.1. The summed E-state index contributed by atoms with van der Waals surface area (Å²) in [6.45, 7) is 4.06. The topological polar surface area (TPSA) is 77.5 Å². The Kier molecular flexibility index (Phi) is 7.24. The number of halogens is 2. The number of nitrogens with zero attached hydrogens (tertiary/aromatic N) is 1. The molecule has 8 heteroatoms. The van der Waals surface area contributed by atoms with E-state index in [1.54, 1.807) is 24.3 Å². The Balaban J connectivity index is 1.94. The first-order chi connectivity index (χ1) is 12.4. The zero-order valence-corrected chi connectivity index (χ0v) is 15.8. The number of ether oxygens (including phenoxy) is 2. The molecule has 1 heterocycles. The maximum absolute atomic E-state index is 12.1. The van der Waals surface area contributed by atoms with Gasteiger partial charge in [0.25, 0.3) is 5.91 Å². The molecule has 1 atom stereocenters. The van der Waals surface area contributed by atoms with Crippen molar-refractivity contribution in [3.05, 3.63) is 52.1 Å². The number of carbonyl (C=O) groups is 2. The molecule has 138 valence electrons. The molecule has 0 aliphatic heterocycles. The minimum atomic E-state index is -1.04. The number of hydrogen-bond donors (Lipinski definition) is 1. The zero-order valence-electron chi connectivity index (χ0n) is 14.3. The van der Waals surface area contributed by atoms with Crippen molar-refractivity contribution < 1.29 is 19.1 Å². The van der Waals surface area contributed by atoms with Gasteiger partial charge in [-0.05, 0) is 43.7 Å². The van der Waals surface area contributed by atoms with Crippen LogP contribution in [0.2, 0.25) is 10.0 Å². The van der Waals surface area contributed by atoms with Crippen LogP contribution in [0.1, 0.15) is 30.6 Å². The second kappa shape index (κ2) is 9.40. The van der Waals surface area contributed by atoms with Gasteiger partial charge in [-0.1, -0.05) is 30.1 Å². The number of rotatable bonds is 7. The van der Waals surface area contributed by atoms with E-state index in [2.05, 4.69) is 10.3 Å². The predicted molar refractivity (Wildman–Crippen MR) is 100.0 cm³/mol. The molecule has 0 aliphatic carbocycles. The van der Waals surface area contributed by atoms with Gasteiger partial charge >= 0.3 is 5.97 Å². The normalized spacial score (nSPS) is 11.5. The van der Waals surface area contributed by atoms with Gasteiger partial charge in [-0.2, -0.15) is 0 Å². The monoisotopic (exact) mass is 396 g/mol. The molecule has 2 rings (SSSR count). The van der Waals surface area contributed by atoms with Crippen LogP contribution in [0.4, 0.5) is 5.82 Å². The van der Waals surface area contributed by atoms with Crippen LogP contribution in [-0.4, -0.2) is 29.6 Å². The Morgan fingerprint density at radius 1 is 1.23 bits per heavy atom. The molecule has 0 radical (unpaired) electrons. The first kappa shape index (κ1) is 20.0. The molecule has 26 heavy (non-hydrogen) atoms. The maximum atomic E-state index is 12.1. The van der Waals surface area contributed by atoms with Crippen LogP contribution in [0.25, 0.3) is 0 Å². The molecular formula is C18H18Cl2N2O4. The van der Waals surface area contributed by atoms with E-state index in [4.69, 9.17) is 32.7 Å². The van der Waals surface area contributed by atoms with Gasteiger partial charge in [-0.25, -0.2) is 9.78 Å². The molecule has 0 aliphatic rings. The Hall–Kier alpha value is -2.31. The molecule has 1 aromatic heterocycles. The second-order valence-corrected chi connectivity index (χ2v) is 6.24. The van der Waals surface area contributed by atoms with E-state index in [1.165, 1.54) is 19.2 Å². The van der Waals surface area contributed by atoms with Crippen molar-refractivity contribution >= 4 is 40.9 Å². The summed E-state index contributed by atoms with van der Waals surface area (Å²) in [7, 11) is 0. The Morgan fingerprint density at radius 3 is 2.54 bits per heavy atom. The number of amides is 1. The third-order valence-corrected chi connectivity index (χ3v) is 3.76. The summed E-state index contributed by atoms with van der Waals surface area (Å²) in [4.78, 5) is 28.2. The smallest absolute Gasteiger partial charge is 0.338 e. The molecule has 0 unspecified atom stereocenters. The molecule has 0 saturated heterocycles. The summed E-state index contributed by atoms with van der Waals surface area (Å²) >= 11 is 11.7. The first-order valence-electron chi connectivity index (χ1n) is 7.96. The number of benzene rings is 1. The maximum Gasteiger partial charge on any atom is 0.338 e. The number of hydrogen-bond acceptors (Lipinski definition) is 5. The van der Waals surface area contributed by atoms with Gasteiger partial charge in [0, 0.05) is 6.20 Å². The largest absolute Gasteiger partial charge is 0.494 e. The first-order valence-corrected chi connectivity index (χ1v) is 8.72. The highest BCUT2D eigenvalue weighted by Gasteiger charge is 2.20. The number of carbonyl (C=O) groups excluding carboxylic acids is 2. The second-order valence-electron chi connectivity index (χ2n) is 5.39. The van der Waals surface area contributed by atoms with Gasteiger partial charge in [0.15, 0.2) is 11.9 Å². The number of aromatic nitrogens is 1. The average molecular weight is 397 g/mol. The number of nitrogens with one attached hydrogen (secondary N) is 1. The molecule has 0 spiro atoms. The van der Waals surface area contributed by atoms with E-state index in [-0.39, 0.29) is 10.8 Å². The third-order valence-electron chi connectivity index (χ3n) is 3.27. The van der Waals surface area contributed by atoms with Crippen molar-refractivity contribution in [2.24, 2.45) is 0 Å². The highest BCUT2D eigenvalue weighted by atomic mass is 35.5. The van der Waals surface area contributed by atoms with E-state index < -0.39 is 18.0 Å². The molecule has 1 aromatic carbocycles. The van der Waals surface area contributed by atoms with Crippen LogP contribution in [0.5, 0.6) is 5.75 Å². The third kappa shape index (κ3) is 5.61. The fraction of sp³-hybridized carbons (Fsp3) is 0.278. The lowest BCUT2D eigenvalue weighted by atomic mass is 10.2. The molecule has 1 N–H and O–H groups in total. The number of anilines is 1. The van der Waals surface area contributed by atoms with Crippen molar-refractivity contribution in [1.82, 2.24) is 4.98 Å². The summed E-state index contributed by atoms with van der Waals surface area (Å²) in [6.07, 6.45) is 1.21. The van der Waals surface area contributed by atoms with Gasteiger partial charge < -0.3 is 14.8 Å². The summed E-state index contributed by atoms with van der Waals surface area (Å²) in [5.41, 5.74) is 0.316. The molecule has 0 saturated carbocycles. The van der Waals surface area contributed by atoms with E-state index in [1.807, 2.05) is 6.92 Å². The van der Waals surface area contributed by atoms with Crippen LogP contribution in [0.15, 0.2) is 36.5 Å². The van der Waals surface area contributed by atoms with Crippen LogP contribution in [-0.2, 0) is 9.53 Å². The van der Waals surface area contributed by atoms with E-state index in [0.29, 0.717) is 22.9 Å². The van der Waals surface area contributed by atoms with Gasteiger partial charge in [0.2, 0.25) is 0 Å². The summed E-state index contributed by atoms with van der Waals surface area (Å²) in [5.74, 6) is -0.373. The van der Waals surface area contributed by atoms with Crippen molar-refractivity contribution in [2.75, 3.05) is 11.9 Å². The van der Waals surface area contributed by atoms with E-state index in [0.717, 1.165) is 6.42 Å². The Labute approximate surface area is 161 Å². The molecule has 0 bridgehead atoms. The Bertz CT molecular complexity index is 781. The van der Waals surface area contributed by atoms with Crippen molar-refractivity contribution in [2.45, 2.75) is 26.4 Å². The Morgan fingerprint density at radius 2 is 1.92 bits per heavy atom. The minimum absolute atomic E-state index is 0.140. The molecule has 2 aromatic rings. The number of pyridine rings is 1. The summed E-state index contributed by atoms with van der Waals surface area (Å²) in [5, 5.41) is 3.02. The van der Waals surface area contributed by atoms with E-state index >= 15 is 0 Å². The van der Waals surface area contributed by atoms with Gasteiger partial charge in [0.1, 0.15) is 5.75 Å². The highest BCUT2D eigenvalue weighted by Crippen LogP contribution is 2.22. The molecule has 0 fully saturated rings. The SMILES string of the molecule is CCCOc1ccc(C(=O)O[C@H](C)C(=O)Nc2ncc(Cl)cc2Cl)cc1. The van der Waals surface area contributed by atoms with Crippen molar-refractivity contribution in [3.63, 3.8) is 0 Å². The van der Waals surface area contributed by atoms with Crippen molar-refractivity contribution in [1.29, 1.82) is 0 Å². The lowest BCUT2D eigenvalue weighted by Gasteiger charge is -2.14. The molecule has 6 nitrogen and oxygen atoms in total. The number of esters is 1. The predicted octanol–water partition coefficient (Wildman–Crippen LogP) is 4.36. The highest BCUT2D eigenvalue weighted by molar-refractivity contribution is 6.36. The molecular weight excluding hydrogens is 379 g/mol. The van der Waals surface area contributed by atoms with Crippen LogP contribution in [0.3, 0.4) is 0 Å². The van der Waals surface area contributed by atoms with Crippen LogP contribution in [0, 0.1) is 0 Å². The summed E-state index contributed by atoms with van der Waals surface area (Å²) < 4.78 is 10.6. The van der Waals surface area contributed by atoms with Crippen molar-refractivity contribution in [3.8, 4) is 5.75 Å². The lowest BCUT2D eigenvalue weighted by molar-refractivity contribution is -0.123. The standard InChI is InChI=1S/C18H18Cl2N2O4/c1-3-8-25-14-6-4-12(5-7-14)18(24)26-11(2)17(23)22-16-15(20)9-13(19)10-21-16/h4-7,9-11H,3,8H2,1-2H3,(H,21,22,23)/t11-/m1/s1. The quantitative estimate of drug-likeness (QED) is 0.703. The van der Waals surface area contributed by atoms with E-state index in [9.17, 15) is 9.59 Å². The van der Waals surface area contributed by atoms with Gasteiger partial charge in [0.05, 0.1) is 22.2 Å². The summed E-state index contributed by atoms with van der Waals surface area (Å²) in [6, 6.07) is 7.96. The van der Waals surface area contributed by atoms with Crippen LogP contribution >= 0.6 is 23.2 Å². The van der Waals surface area contributed by atoms with Crippen LogP contribution < -0.4 is 10.1 Å². The fourth-order valence-corrected chi connectivity index (χ4v) is 2.34. The molecule has 1 amide bonds. The fourth-order valence-electron chi connectivity index (χ4n) is 1.91. The minimum Gasteiger partial charge on any atom is -0.494 e. The van der Waals surface area contributed by atoms with Gasteiger partial charge in [-0.15, -0.1) is 0 Å².